The number of benzene rings is 2. The number of nitrogens with one attached hydrogen (secondary N) is 2. The first-order chi connectivity index (χ1) is 18.2. The SMILES string of the molecule is CC1=C(C(=O)O)N2C(=O)[C@@H](NC(=O)C(c3ccc(O)cc3)N3CSC(=S)NC3Cc3ccccc3)[C@H]2SC1. The number of carbonyl (C=O) groups is 3. The highest BCUT2D eigenvalue weighted by Crippen LogP contribution is 2.40. The summed E-state index contributed by atoms with van der Waals surface area (Å²) in [7, 11) is 0. The lowest BCUT2D eigenvalue weighted by Crippen LogP contribution is -2.71. The molecule has 198 valence electrons. The van der Waals surface area contributed by atoms with Crippen LogP contribution in [0.2, 0.25) is 0 Å². The largest absolute Gasteiger partial charge is 0.508 e. The molecular formula is C26H26N4O5S3. The van der Waals surface area contributed by atoms with Crippen molar-refractivity contribution in [3.8, 4) is 5.75 Å². The molecule has 3 aliphatic heterocycles. The first-order valence-electron chi connectivity index (χ1n) is 11.9. The molecule has 4 atom stereocenters. The van der Waals surface area contributed by atoms with Crippen molar-refractivity contribution in [3.05, 3.63) is 77.0 Å². The van der Waals surface area contributed by atoms with E-state index in [1.165, 1.54) is 40.6 Å². The van der Waals surface area contributed by atoms with Crippen molar-refractivity contribution in [1.82, 2.24) is 20.4 Å². The number of fused-ring (bicyclic) bond motifs is 1. The van der Waals surface area contributed by atoms with E-state index in [0.717, 1.165) is 5.56 Å². The van der Waals surface area contributed by atoms with Gasteiger partial charge in [-0.2, -0.15) is 0 Å². The molecule has 38 heavy (non-hydrogen) atoms. The molecule has 5 rings (SSSR count). The lowest BCUT2D eigenvalue weighted by Gasteiger charge is -2.50. The monoisotopic (exact) mass is 570 g/mol. The van der Waals surface area contributed by atoms with Crippen LogP contribution in [0.3, 0.4) is 0 Å². The fraction of sp³-hybridized carbons (Fsp3) is 0.308. The van der Waals surface area contributed by atoms with E-state index in [1.807, 2.05) is 35.2 Å². The second-order valence-electron chi connectivity index (χ2n) is 9.25. The average molecular weight is 571 g/mol. The number of β-lactam (4-membered cyclic amide) rings is 1. The van der Waals surface area contributed by atoms with Crippen molar-refractivity contribution in [2.24, 2.45) is 0 Å². The van der Waals surface area contributed by atoms with Gasteiger partial charge in [0.15, 0.2) is 0 Å². The van der Waals surface area contributed by atoms with Crippen molar-refractivity contribution in [3.63, 3.8) is 0 Å². The Bertz CT molecular complexity index is 1300. The summed E-state index contributed by atoms with van der Waals surface area (Å²) in [5.74, 6) is -0.990. The van der Waals surface area contributed by atoms with Gasteiger partial charge in [0.05, 0.1) is 12.0 Å². The molecule has 3 heterocycles. The Morgan fingerprint density at radius 2 is 1.89 bits per heavy atom. The summed E-state index contributed by atoms with van der Waals surface area (Å²) >= 11 is 8.29. The number of hydrogen-bond acceptors (Lipinski definition) is 8. The standard InChI is InChI=1S/C26H26N4O5S3/c1-14-12-37-24-19(23(33)30(24)20(14)25(34)35)28-22(32)21(16-7-9-17(31)10-8-16)29-13-38-26(36)27-18(29)11-15-5-3-2-4-6-15/h2-10,18-19,21,24,31H,11-13H2,1H3,(H,27,36)(H,28,32)(H,34,35)/t18?,19-,21?,24-/m1/s1. The second kappa shape index (κ2) is 11.0. The molecule has 4 N–H and O–H groups in total. The Morgan fingerprint density at radius 3 is 2.58 bits per heavy atom. The second-order valence-corrected chi connectivity index (χ2v) is 12.0. The molecule has 0 radical (unpaired) electrons. The molecule has 2 unspecified atom stereocenters. The summed E-state index contributed by atoms with van der Waals surface area (Å²) in [6, 6.07) is 14.7. The van der Waals surface area contributed by atoms with Gasteiger partial charge in [0.1, 0.15) is 33.2 Å². The molecule has 0 bridgehead atoms. The summed E-state index contributed by atoms with van der Waals surface area (Å²) in [4.78, 5) is 42.0. The Labute approximate surface area is 233 Å². The number of carboxylic acids is 1. The van der Waals surface area contributed by atoms with E-state index in [0.29, 0.717) is 33.5 Å². The van der Waals surface area contributed by atoms with Crippen LogP contribution < -0.4 is 10.6 Å². The highest BCUT2D eigenvalue weighted by atomic mass is 32.2. The smallest absolute Gasteiger partial charge is 0.352 e. The molecule has 2 amide bonds. The molecule has 0 aromatic heterocycles. The van der Waals surface area contributed by atoms with Gasteiger partial charge in [0.25, 0.3) is 5.91 Å². The molecule has 12 heteroatoms. The summed E-state index contributed by atoms with van der Waals surface area (Å²) in [6.45, 7) is 1.70. The number of hydrogen-bond donors (Lipinski definition) is 4. The third-order valence-electron chi connectivity index (χ3n) is 6.75. The third kappa shape index (κ3) is 5.13. The molecule has 0 saturated carbocycles. The molecule has 2 saturated heterocycles. The van der Waals surface area contributed by atoms with Gasteiger partial charge in [0.2, 0.25) is 5.91 Å². The number of aromatic hydroxyl groups is 1. The van der Waals surface area contributed by atoms with E-state index in [2.05, 4.69) is 10.6 Å². The molecule has 2 aromatic carbocycles. The zero-order valence-electron chi connectivity index (χ0n) is 20.4. The van der Waals surface area contributed by atoms with Crippen molar-refractivity contribution >= 4 is 57.8 Å². The van der Waals surface area contributed by atoms with Gasteiger partial charge in [0, 0.05) is 12.2 Å². The number of phenols is 1. The average Bonchev–Trinajstić information content (AvgIpc) is 2.90. The molecule has 0 aliphatic carbocycles. The molecule has 0 spiro atoms. The number of carbonyl (C=O) groups excluding carboxylic acids is 2. The van der Waals surface area contributed by atoms with Crippen LogP contribution in [0.25, 0.3) is 0 Å². The minimum Gasteiger partial charge on any atom is -0.508 e. The van der Waals surface area contributed by atoms with E-state index in [1.54, 1.807) is 19.1 Å². The zero-order valence-corrected chi connectivity index (χ0v) is 22.8. The number of aliphatic carboxylic acids is 1. The van der Waals surface area contributed by atoms with Crippen LogP contribution in [0.1, 0.15) is 24.1 Å². The number of carboxylic acid groups (broad SMARTS) is 1. The maximum atomic E-state index is 13.9. The van der Waals surface area contributed by atoms with Gasteiger partial charge >= 0.3 is 5.97 Å². The van der Waals surface area contributed by atoms with Crippen LogP contribution in [0.5, 0.6) is 5.75 Å². The van der Waals surface area contributed by atoms with Crippen molar-refractivity contribution < 1.29 is 24.6 Å². The molecule has 3 aliphatic rings. The number of amides is 2. The van der Waals surface area contributed by atoms with Crippen molar-refractivity contribution in [2.45, 2.75) is 37.0 Å². The van der Waals surface area contributed by atoms with Gasteiger partial charge in [-0.05, 0) is 35.8 Å². The lowest BCUT2D eigenvalue weighted by molar-refractivity contribution is -0.151. The number of rotatable bonds is 7. The molecule has 9 nitrogen and oxygen atoms in total. The maximum Gasteiger partial charge on any atom is 0.352 e. The third-order valence-corrected chi connectivity index (χ3v) is 9.45. The summed E-state index contributed by atoms with van der Waals surface area (Å²) < 4.78 is 0.638. The van der Waals surface area contributed by atoms with Crippen LogP contribution >= 0.6 is 35.7 Å². The van der Waals surface area contributed by atoms with Crippen LogP contribution in [0.15, 0.2) is 65.9 Å². The van der Waals surface area contributed by atoms with E-state index in [9.17, 15) is 24.6 Å². The van der Waals surface area contributed by atoms with Gasteiger partial charge in [-0.15, -0.1) is 11.8 Å². The van der Waals surface area contributed by atoms with Gasteiger partial charge in [-0.25, -0.2) is 4.79 Å². The minimum atomic E-state index is -1.15. The first-order valence-corrected chi connectivity index (χ1v) is 14.4. The summed E-state index contributed by atoms with van der Waals surface area (Å²) in [6.07, 6.45) is 0.293. The molecular weight excluding hydrogens is 545 g/mol. The predicted octanol–water partition coefficient (Wildman–Crippen LogP) is 2.64. The van der Waals surface area contributed by atoms with E-state index >= 15 is 0 Å². The van der Waals surface area contributed by atoms with E-state index in [-0.39, 0.29) is 23.5 Å². The maximum absolute atomic E-state index is 13.9. The number of phenolic OH excluding ortho intramolecular Hbond substituents is 1. The topological polar surface area (TPSA) is 122 Å². The highest BCUT2D eigenvalue weighted by molar-refractivity contribution is 8.23. The van der Waals surface area contributed by atoms with E-state index < -0.39 is 29.3 Å². The quantitative estimate of drug-likeness (QED) is 0.292. The van der Waals surface area contributed by atoms with Crippen molar-refractivity contribution in [1.29, 1.82) is 0 Å². The Kier molecular flexibility index (Phi) is 7.66. The highest BCUT2D eigenvalue weighted by Gasteiger charge is 2.54. The Balaban J connectivity index is 1.42. The Hall–Kier alpha value is -3.06. The van der Waals surface area contributed by atoms with Crippen LogP contribution in [-0.4, -0.2) is 71.3 Å². The van der Waals surface area contributed by atoms with Crippen LogP contribution in [0, 0.1) is 0 Å². The summed E-state index contributed by atoms with van der Waals surface area (Å²) in [5.41, 5.74) is 2.33. The number of nitrogens with zero attached hydrogens (tertiary/aromatic N) is 2. The molecule has 2 fully saturated rings. The zero-order chi connectivity index (χ0) is 27.0. The van der Waals surface area contributed by atoms with Gasteiger partial charge < -0.3 is 20.8 Å². The van der Waals surface area contributed by atoms with Gasteiger partial charge in [-0.3, -0.25) is 19.4 Å². The number of thiocarbonyl (C=S) groups is 1. The predicted molar refractivity (Wildman–Crippen MR) is 150 cm³/mol. The normalized spacial score (nSPS) is 24.2. The van der Waals surface area contributed by atoms with E-state index in [4.69, 9.17) is 12.2 Å². The van der Waals surface area contributed by atoms with Gasteiger partial charge in [-0.1, -0.05) is 66.4 Å². The number of thioether (sulfide) groups is 2. The summed E-state index contributed by atoms with van der Waals surface area (Å²) in [5, 5.41) is 25.2. The Morgan fingerprint density at radius 1 is 1.18 bits per heavy atom. The minimum absolute atomic E-state index is 0.00704. The fourth-order valence-electron chi connectivity index (χ4n) is 4.90. The fourth-order valence-corrected chi connectivity index (χ4v) is 7.30. The lowest BCUT2D eigenvalue weighted by atomic mass is 9.99. The first kappa shape index (κ1) is 26.5. The van der Waals surface area contributed by atoms with Crippen LogP contribution in [0.4, 0.5) is 0 Å². The molecule has 2 aromatic rings. The van der Waals surface area contributed by atoms with Crippen molar-refractivity contribution in [2.75, 3.05) is 11.6 Å². The van der Waals surface area contributed by atoms with Crippen LogP contribution in [-0.2, 0) is 20.8 Å².